The summed E-state index contributed by atoms with van der Waals surface area (Å²) in [6, 6.07) is 4.08. The molecule has 0 bridgehead atoms. The highest BCUT2D eigenvalue weighted by atomic mass is 35.5. The molecule has 0 saturated carbocycles. The number of nitrogens with zero attached hydrogens (tertiary/aromatic N) is 5. The van der Waals surface area contributed by atoms with Gasteiger partial charge in [0.1, 0.15) is 0 Å². The summed E-state index contributed by atoms with van der Waals surface area (Å²) >= 11 is 13.0. The lowest BCUT2D eigenvalue weighted by molar-refractivity contribution is -0.137. The Morgan fingerprint density at radius 1 is 1.16 bits per heavy atom. The van der Waals surface area contributed by atoms with Crippen LogP contribution in [0.15, 0.2) is 24.5 Å². The molecular formula is C22H27Cl2N7O. The van der Waals surface area contributed by atoms with Crippen LogP contribution in [0.25, 0.3) is 10.9 Å². The molecule has 0 spiro atoms. The van der Waals surface area contributed by atoms with E-state index in [1.807, 2.05) is 23.7 Å². The molecule has 0 amide bonds. The Labute approximate surface area is 197 Å². The van der Waals surface area contributed by atoms with Crippen molar-refractivity contribution in [1.82, 2.24) is 24.6 Å². The van der Waals surface area contributed by atoms with E-state index in [9.17, 15) is 0 Å². The molecule has 0 atom stereocenters. The Hall–Kier alpha value is -2.13. The highest BCUT2D eigenvalue weighted by Crippen LogP contribution is 2.35. The van der Waals surface area contributed by atoms with E-state index in [-0.39, 0.29) is 11.6 Å². The third-order valence-electron chi connectivity index (χ3n) is 6.42. The number of piperidine rings is 1. The molecule has 4 heterocycles. The Kier molecular flexibility index (Phi) is 5.88. The smallest absolute Gasteiger partial charge is 0.227 e. The minimum absolute atomic E-state index is 0.190. The molecule has 2 aliphatic heterocycles. The molecule has 0 aliphatic carbocycles. The minimum atomic E-state index is 0.190. The van der Waals surface area contributed by atoms with Crippen molar-refractivity contribution in [1.29, 1.82) is 0 Å². The van der Waals surface area contributed by atoms with Gasteiger partial charge < -0.3 is 15.4 Å². The van der Waals surface area contributed by atoms with Crippen LogP contribution in [-0.2, 0) is 4.74 Å². The van der Waals surface area contributed by atoms with E-state index in [2.05, 4.69) is 37.5 Å². The lowest BCUT2D eigenvalue weighted by atomic mass is 9.93. The molecule has 2 saturated heterocycles. The molecule has 5 rings (SSSR count). The fourth-order valence-electron chi connectivity index (χ4n) is 4.47. The van der Waals surface area contributed by atoms with E-state index in [0.29, 0.717) is 21.8 Å². The quantitative estimate of drug-likeness (QED) is 0.532. The van der Waals surface area contributed by atoms with Crippen molar-refractivity contribution >= 4 is 51.4 Å². The van der Waals surface area contributed by atoms with E-state index in [0.717, 1.165) is 62.3 Å². The highest BCUT2D eigenvalue weighted by Gasteiger charge is 2.41. The van der Waals surface area contributed by atoms with Gasteiger partial charge in [-0.3, -0.25) is 4.90 Å². The number of likely N-dealkylation sites (tertiary alicyclic amines) is 1. The summed E-state index contributed by atoms with van der Waals surface area (Å²) in [5.74, 6) is 0.469. The van der Waals surface area contributed by atoms with Crippen LogP contribution in [0.5, 0.6) is 0 Å². The summed E-state index contributed by atoms with van der Waals surface area (Å²) in [4.78, 5) is 11.6. The summed E-state index contributed by atoms with van der Waals surface area (Å²) in [5.41, 5.74) is 2.54. The highest BCUT2D eigenvalue weighted by molar-refractivity contribution is 6.34. The van der Waals surface area contributed by atoms with Crippen molar-refractivity contribution in [3.8, 4) is 0 Å². The number of fused-ring (bicyclic) bond motifs is 1. The van der Waals surface area contributed by atoms with E-state index in [4.69, 9.17) is 27.9 Å². The molecule has 2 fully saturated rings. The minimum Gasteiger partial charge on any atom is -0.384 e. The van der Waals surface area contributed by atoms with E-state index >= 15 is 0 Å². The van der Waals surface area contributed by atoms with Gasteiger partial charge >= 0.3 is 0 Å². The fourth-order valence-corrected chi connectivity index (χ4v) is 4.99. The van der Waals surface area contributed by atoms with Crippen molar-refractivity contribution in [2.24, 2.45) is 0 Å². The first-order chi connectivity index (χ1) is 15.5. The van der Waals surface area contributed by atoms with Crippen LogP contribution >= 0.6 is 23.2 Å². The Balaban J connectivity index is 1.30. The SMILES string of the molecule is CCNc1cc2nc(Nc3cnn(C4CCN(C5(C)COC5)CC4)c3Cl)ncc2cc1Cl. The average molecular weight is 476 g/mol. The fraction of sp³-hybridized carbons (Fsp3) is 0.500. The molecule has 32 heavy (non-hydrogen) atoms. The van der Waals surface area contributed by atoms with Crippen molar-refractivity contribution in [3.05, 3.63) is 34.7 Å². The van der Waals surface area contributed by atoms with Crippen molar-refractivity contribution in [2.75, 3.05) is 43.5 Å². The number of anilines is 3. The second-order valence-electron chi connectivity index (χ2n) is 8.74. The molecule has 1 aromatic carbocycles. The van der Waals surface area contributed by atoms with Gasteiger partial charge in [-0.15, -0.1) is 0 Å². The summed E-state index contributed by atoms with van der Waals surface area (Å²) in [5, 5.41) is 13.1. The topological polar surface area (TPSA) is 80.1 Å². The zero-order chi connectivity index (χ0) is 22.3. The number of ether oxygens (including phenoxy) is 1. The number of benzene rings is 1. The summed E-state index contributed by atoms with van der Waals surface area (Å²) in [7, 11) is 0. The molecule has 0 unspecified atom stereocenters. The zero-order valence-corrected chi connectivity index (χ0v) is 19.7. The van der Waals surface area contributed by atoms with Crippen LogP contribution < -0.4 is 10.6 Å². The summed E-state index contributed by atoms with van der Waals surface area (Å²) in [6.07, 6.45) is 5.52. The van der Waals surface area contributed by atoms with Crippen LogP contribution in [0.3, 0.4) is 0 Å². The Morgan fingerprint density at radius 2 is 1.94 bits per heavy atom. The number of halogens is 2. The van der Waals surface area contributed by atoms with Gasteiger partial charge in [-0.1, -0.05) is 23.2 Å². The van der Waals surface area contributed by atoms with Gasteiger partial charge in [0.15, 0.2) is 5.15 Å². The van der Waals surface area contributed by atoms with Gasteiger partial charge in [-0.05, 0) is 38.8 Å². The Morgan fingerprint density at radius 3 is 2.62 bits per heavy atom. The van der Waals surface area contributed by atoms with Crippen LogP contribution in [0.1, 0.15) is 32.7 Å². The molecular weight excluding hydrogens is 449 g/mol. The molecule has 2 aromatic heterocycles. The normalized spacial score (nSPS) is 19.1. The predicted molar refractivity (Wildman–Crippen MR) is 128 cm³/mol. The first kappa shape index (κ1) is 21.7. The van der Waals surface area contributed by atoms with Crippen LogP contribution in [0, 0.1) is 0 Å². The van der Waals surface area contributed by atoms with Gasteiger partial charge in [-0.25, -0.2) is 14.6 Å². The lowest BCUT2D eigenvalue weighted by Crippen LogP contribution is -2.61. The summed E-state index contributed by atoms with van der Waals surface area (Å²) < 4.78 is 7.34. The number of nitrogens with one attached hydrogen (secondary N) is 2. The van der Waals surface area contributed by atoms with Crippen molar-refractivity contribution in [3.63, 3.8) is 0 Å². The number of aromatic nitrogens is 4. The molecule has 10 heteroatoms. The zero-order valence-electron chi connectivity index (χ0n) is 18.2. The first-order valence-corrected chi connectivity index (χ1v) is 11.8. The molecule has 8 nitrogen and oxygen atoms in total. The van der Waals surface area contributed by atoms with Crippen LogP contribution in [-0.4, -0.2) is 63.0 Å². The number of rotatable bonds is 6. The summed E-state index contributed by atoms with van der Waals surface area (Å²) in [6.45, 7) is 8.77. The van der Waals surface area contributed by atoms with Gasteiger partial charge in [0, 0.05) is 31.2 Å². The maximum Gasteiger partial charge on any atom is 0.227 e. The number of hydrogen-bond acceptors (Lipinski definition) is 7. The standard InChI is InChI=1S/C22H27Cl2N7O/c1-3-25-18-9-17-14(8-16(18)23)10-26-21(28-17)29-19-11-27-31(20(19)24)15-4-6-30(7-5-15)22(2)12-32-13-22/h8-11,15,25H,3-7,12-13H2,1-2H3,(H,26,28,29). The van der Waals surface area contributed by atoms with Gasteiger partial charge in [0.2, 0.25) is 5.95 Å². The van der Waals surface area contributed by atoms with Crippen molar-refractivity contribution in [2.45, 2.75) is 38.3 Å². The number of hydrogen-bond donors (Lipinski definition) is 2. The lowest BCUT2D eigenvalue weighted by Gasteiger charge is -2.49. The second-order valence-corrected chi connectivity index (χ2v) is 9.51. The molecule has 2 aliphatic rings. The second kappa shape index (κ2) is 8.67. The third kappa shape index (κ3) is 4.01. The maximum atomic E-state index is 6.70. The molecule has 2 N–H and O–H groups in total. The van der Waals surface area contributed by atoms with Crippen LogP contribution in [0.2, 0.25) is 10.2 Å². The maximum absolute atomic E-state index is 6.70. The Bertz CT molecular complexity index is 1120. The van der Waals surface area contributed by atoms with E-state index in [1.165, 1.54) is 0 Å². The largest absolute Gasteiger partial charge is 0.384 e. The van der Waals surface area contributed by atoms with Gasteiger partial charge in [-0.2, -0.15) is 5.10 Å². The third-order valence-corrected chi connectivity index (χ3v) is 7.11. The van der Waals surface area contributed by atoms with Crippen molar-refractivity contribution < 1.29 is 4.74 Å². The predicted octanol–water partition coefficient (Wildman–Crippen LogP) is 4.73. The van der Waals surface area contributed by atoms with E-state index < -0.39 is 0 Å². The molecule has 170 valence electrons. The van der Waals surface area contributed by atoms with Gasteiger partial charge in [0.05, 0.1) is 52.9 Å². The van der Waals surface area contributed by atoms with Crippen LogP contribution in [0.4, 0.5) is 17.3 Å². The first-order valence-electron chi connectivity index (χ1n) is 11.0. The van der Waals surface area contributed by atoms with E-state index in [1.54, 1.807) is 12.4 Å². The molecule has 3 aromatic rings. The van der Waals surface area contributed by atoms with Gasteiger partial charge in [0.25, 0.3) is 0 Å². The average Bonchev–Trinajstić information content (AvgIpc) is 3.13. The molecule has 0 radical (unpaired) electrons. The monoisotopic (exact) mass is 475 g/mol.